The topological polar surface area (TPSA) is 3.24 Å². The first-order valence-electron chi connectivity index (χ1n) is 8.67. The molecule has 0 amide bonds. The maximum absolute atomic E-state index is 2.69. The van der Waals surface area contributed by atoms with Crippen molar-refractivity contribution in [3.8, 4) is 0 Å². The van der Waals surface area contributed by atoms with Crippen LogP contribution >= 0.6 is 0 Å². The molecule has 2 aromatic rings. The molecule has 1 heterocycles. The van der Waals surface area contributed by atoms with Gasteiger partial charge in [0.1, 0.15) is 0 Å². The molecule has 3 rings (SSSR count). The van der Waals surface area contributed by atoms with Gasteiger partial charge in [0.2, 0.25) is 0 Å². The van der Waals surface area contributed by atoms with Crippen LogP contribution in [0.1, 0.15) is 44.4 Å². The molecule has 2 aromatic carbocycles. The smallest absolute Gasteiger partial charge is 0.0353 e. The second kappa shape index (κ2) is 7.14. The summed E-state index contributed by atoms with van der Waals surface area (Å²) in [5.41, 5.74) is 5.97. The van der Waals surface area contributed by atoms with Gasteiger partial charge in [-0.2, -0.15) is 0 Å². The Labute approximate surface area is 140 Å². The van der Waals surface area contributed by atoms with E-state index in [0.29, 0.717) is 12.1 Å². The van der Waals surface area contributed by atoms with Crippen molar-refractivity contribution in [1.82, 2.24) is 4.90 Å². The van der Waals surface area contributed by atoms with E-state index in [2.05, 4.69) is 86.3 Å². The number of rotatable bonds is 4. The first-order chi connectivity index (χ1) is 11.2. The zero-order valence-corrected chi connectivity index (χ0v) is 14.5. The highest BCUT2D eigenvalue weighted by atomic mass is 15.2. The van der Waals surface area contributed by atoms with Gasteiger partial charge in [0.25, 0.3) is 0 Å². The Morgan fingerprint density at radius 2 is 1.57 bits per heavy atom. The van der Waals surface area contributed by atoms with E-state index in [-0.39, 0.29) is 0 Å². The summed E-state index contributed by atoms with van der Waals surface area (Å²) in [6, 6.07) is 22.8. The van der Waals surface area contributed by atoms with E-state index in [9.17, 15) is 0 Å². The lowest BCUT2D eigenvalue weighted by Gasteiger charge is -2.41. The first-order valence-corrected chi connectivity index (χ1v) is 8.67. The Hall–Kier alpha value is -1.86. The highest BCUT2D eigenvalue weighted by Crippen LogP contribution is 2.33. The predicted molar refractivity (Wildman–Crippen MR) is 98.5 cm³/mol. The monoisotopic (exact) mass is 305 g/mol. The number of benzene rings is 2. The molecule has 0 spiro atoms. The Bertz CT molecular complexity index is 657. The third-order valence-corrected chi connectivity index (χ3v) is 5.37. The highest BCUT2D eigenvalue weighted by Gasteiger charge is 2.29. The van der Waals surface area contributed by atoms with E-state index in [1.165, 1.54) is 17.5 Å². The Morgan fingerprint density at radius 1 is 0.957 bits per heavy atom. The zero-order chi connectivity index (χ0) is 16.2. The van der Waals surface area contributed by atoms with Crippen LogP contribution in [0.3, 0.4) is 0 Å². The van der Waals surface area contributed by atoms with Crippen LogP contribution < -0.4 is 0 Å². The van der Waals surface area contributed by atoms with Crippen molar-refractivity contribution >= 4 is 0 Å². The summed E-state index contributed by atoms with van der Waals surface area (Å²) in [7, 11) is 0. The largest absolute Gasteiger partial charge is 0.289 e. The molecule has 0 radical (unpaired) electrons. The molecule has 1 heteroatoms. The average Bonchev–Trinajstić information content (AvgIpc) is 2.60. The van der Waals surface area contributed by atoms with Crippen molar-refractivity contribution in [2.75, 3.05) is 6.54 Å². The summed E-state index contributed by atoms with van der Waals surface area (Å²) in [4.78, 5) is 2.69. The molecule has 0 unspecified atom stereocenters. The average molecular weight is 305 g/mol. The molecule has 1 aliphatic rings. The van der Waals surface area contributed by atoms with Gasteiger partial charge in [0.05, 0.1) is 0 Å². The van der Waals surface area contributed by atoms with Gasteiger partial charge < -0.3 is 0 Å². The lowest BCUT2D eigenvalue weighted by atomic mass is 9.88. The molecule has 120 valence electrons. The van der Waals surface area contributed by atoms with Crippen LogP contribution in [0.5, 0.6) is 0 Å². The summed E-state index contributed by atoms with van der Waals surface area (Å²) >= 11 is 0. The van der Waals surface area contributed by atoms with Gasteiger partial charge in [-0.3, -0.25) is 4.90 Å². The van der Waals surface area contributed by atoms with Gasteiger partial charge in [-0.15, -0.1) is 0 Å². The molecular weight excluding hydrogens is 278 g/mol. The molecule has 23 heavy (non-hydrogen) atoms. The molecule has 0 aromatic heterocycles. The SMILES string of the molecule is CC1=C(C)[C@H](Cc2ccccc2)N([C@H](C)c2ccccc2)CC1. The van der Waals surface area contributed by atoms with Crippen LogP contribution in [0.2, 0.25) is 0 Å². The molecule has 1 nitrogen and oxygen atoms in total. The molecule has 0 fully saturated rings. The van der Waals surface area contributed by atoms with E-state index in [1.54, 1.807) is 11.1 Å². The maximum Gasteiger partial charge on any atom is 0.0353 e. The standard InChI is InChI=1S/C22H27N/c1-17-14-15-23(19(3)21-12-8-5-9-13-21)22(18(17)2)16-20-10-6-4-7-11-20/h4-13,19,22H,14-16H2,1-3H3/t19-,22+/m1/s1. The predicted octanol–water partition coefficient (Wildman–Crippen LogP) is 5.40. The number of hydrogen-bond donors (Lipinski definition) is 0. The van der Waals surface area contributed by atoms with Crippen LogP contribution in [0, 0.1) is 0 Å². The summed E-state index contributed by atoms with van der Waals surface area (Å²) in [5, 5.41) is 0. The van der Waals surface area contributed by atoms with Gasteiger partial charge in [0.15, 0.2) is 0 Å². The van der Waals surface area contributed by atoms with Crippen LogP contribution in [0.25, 0.3) is 0 Å². The third-order valence-electron chi connectivity index (χ3n) is 5.37. The van der Waals surface area contributed by atoms with E-state index in [0.717, 1.165) is 13.0 Å². The molecule has 0 saturated carbocycles. The second-order valence-electron chi connectivity index (χ2n) is 6.74. The fourth-order valence-electron chi connectivity index (χ4n) is 3.68. The van der Waals surface area contributed by atoms with Crippen LogP contribution in [0.4, 0.5) is 0 Å². The van der Waals surface area contributed by atoms with Crippen molar-refractivity contribution in [3.05, 3.63) is 82.9 Å². The normalized spacial score (nSPS) is 20.6. The van der Waals surface area contributed by atoms with E-state index < -0.39 is 0 Å². The number of hydrogen-bond acceptors (Lipinski definition) is 1. The van der Waals surface area contributed by atoms with E-state index >= 15 is 0 Å². The summed E-state index contributed by atoms with van der Waals surface area (Å²) in [6.07, 6.45) is 2.29. The van der Waals surface area contributed by atoms with E-state index in [1.807, 2.05) is 0 Å². The minimum atomic E-state index is 0.452. The van der Waals surface area contributed by atoms with Crippen molar-refractivity contribution in [2.45, 2.75) is 45.7 Å². The van der Waals surface area contributed by atoms with Crippen molar-refractivity contribution < 1.29 is 0 Å². The van der Waals surface area contributed by atoms with Gasteiger partial charge in [-0.05, 0) is 44.7 Å². The minimum absolute atomic E-state index is 0.452. The molecule has 1 aliphatic heterocycles. The third kappa shape index (κ3) is 3.56. The molecular formula is C22H27N. The van der Waals surface area contributed by atoms with Gasteiger partial charge in [0, 0.05) is 18.6 Å². The summed E-state index contributed by atoms with van der Waals surface area (Å²) in [5.74, 6) is 0. The van der Waals surface area contributed by atoms with E-state index in [4.69, 9.17) is 0 Å². The molecule has 0 saturated heterocycles. The second-order valence-corrected chi connectivity index (χ2v) is 6.74. The zero-order valence-electron chi connectivity index (χ0n) is 14.5. The molecule has 0 aliphatic carbocycles. The lowest BCUT2D eigenvalue weighted by molar-refractivity contribution is 0.153. The Morgan fingerprint density at radius 3 is 2.22 bits per heavy atom. The summed E-state index contributed by atoms with van der Waals surface area (Å²) in [6.45, 7) is 8.13. The van der Waals surface area contributed by atoms with Crippen LogP contribution in [0.15, 0.2) is 71.8 Å². The van der Waals surface area contributed by atoms with Crippen molar-refractivity contribution in [3.63, 3.8) is 0 Å². The fourth-order valence-corrected chi connectivity index (χ4v) is 3.68. The number of nitrogens with zero attached hydrogens (tertiary/aromatic N) is 1. The Balaban J connectivity index is 1.88. The van der Waals surface area contributed by atoms with Crippen molar-refractivity contribution in [1.29, 1.82) is 0 Å². The quantitative estimate of drug-likeness (QED) is 0.683. The van der Waals surface area contributed by atoms with Gasteiger partial charge in [-0.1, -0.05) is 71.8 Å². The summed E-state index contributed by atoms with van der Waals surface area (Å²) < 4.78 is 0. The molecule has 2 atom stereocenters. The van der Waals surface area contributed by atoms with Gasteiger partial charge in [-0.25, -0.2) is 0 Å². The van der Waals surface area contributed by atoms with Crippen LogP contribution in [-0.2, 0) is 6.42 Å². The van der Waals surface area contributed by atoms with Crippen LogP contribution in [-0.4, -0.2) is 17.5 Å². The lowest BCUT2D eigenvalue weighted by Crippen LogP contribution is -2.43. The molecule has 0 bridgehead atoms. The first kappa shape index (κ1) is 16.0. The molecule has 0 N–H and O–H groups in total. The minimum Gasteiger partial charge on any atom is -0.289 e. The Kier molecular flexibility index (Phi) is 4.97. The van der Waals surface area contributed by atoms with Gasteiger partial charge >= 0.3 is 0 Å². The fraction of sp³-hybridized carbons (Fsp3) is 0.364. The maximum atomic E-state index is 2.69. The highest BCUT2D eigenvalue weighted by molar-refractivity contribution is 5.27. The van der Waals surface area contributed by atoms with Crippen molar-refractivity contribution in [2.24, 2.45) is 0 Å².